The van der Waals surface area contributed by atoms with Crippen LogP contribution in [0.3, 0.4) is 0 Å². The van der Waals surface area contributed by atoms with Gasteiger partial charge in [0.15, 0.2) is 17.4 Å². The van der Waals surface area contributed by atoms with E-state index in [4.69, 9.17) is 0 Å². The minimum atomic E-state index is 0. The van der Waals surface area contributed by atoms with Gasteiger partial charge in [-0.2, -0.15) is 0 Å². The van der Waals surface area contributed by atoms with Gasteiger partial charge in [-0.05, 0) is 24.6 Å². The van der Waals surface area contributed by atoms with Crippen LogP contribution in [0, 0.1) is 0 Å². The molecular weight excluding hydrogens is 491 g/mol. The van der Waals surface area contributed by atoms with Gasteiger partial charge < -0.3 is 15.2 Å². The van der Waals surface area contributed by atoms with Crippen molar-refractivity contribution in [1.82, 2.24) is 34.8 Å². The Hall–Kier alpha value is -2.95. The zero-order valence-electron chi connectivity index (χ0n) is 16.8. The number of nitrogens with one attached hydrogen (secondary N) is 2. The Morgan fingerprint density at radius 1 is 0.967 bits per heavy atom. The second kappa shape index (κ2) is 10.7. The molecule has 0 aliphatic carbocycles. The monoisotopic (exact) mass is 516 g/mol. The van der Waals surface area contributed by atoms with E-state index in [9.17, 15) is 0 Å². The number of nitrogens with zero attached hydrogens (tertiary/aromatic N) is 6. The molecule has 0 saturated heterocycles. The van der Waals surface area contributed by atoms with Crippen molar-refractivity contribution in [3.8, 4) is 0 Å². The number of halogens is 1. The van der Waals surface area contributed by atoms with Crippen LogP contribution in [0.25, 0.3) is 5.65 Å². The maximum atomic E-state index is 4.65. The fourth-order valence-corrected chi connectivity index (χ4v) is 3.08. The van der Waals surface area contributed by atoms with Crippen LogP contribution in [0.5, 0.6) is 0 Å². The maximum Gasteiger partial charge on any atom is 0.192 e. The van der Waals surface area contributed by atoms with Crippen LogP contribution in [0.15, 0.2) is 72.1 Å². The zero-order chi connectivity index (χ0) is 19.9. The van der Waals surface area contributed by atoms with E-state index < -0.39 is 0 Å². The summed E-state index contributed by atoms with van der Waals surface area (Å²) in [6.07, 6.45) is 5.77. The molecule has 0 fully saturated rings. The summed E-state index contributed by atoms with van der Waals surface area (Å²) in [6.45, 7) is 4.60. The van der Waals surface area contributed by atoms with Crippen molar-refractivity contribution in [3.63, 3.8) is 0 Å². The molecule has 8 nitrogen and oxygen atoms in total. The highest BCUT2D eigenvalue weighted by Crippen LogP contribution is 2.06. The van der Waals surface area contributed by atoms with E-state index in [0.29, 0.717) is 13.1 Å². The van der Waals surface area contributed by atoms with Crippen LogP contribution in [0.2, 0.25) is 0 Å². The standard InChI is InChI=1S/C21H24N8.HI/c1-2-22-21(25-15-20-27-26-18-10-6-7-12-29(18)20)24-14-19-23-11-13-28(19)16-17-8-4-3-5-9-17;/h3-13H,2,14-16H2,1H3,(H2,22,24,25);1H. The van der Waals surface area contributed by atoms with Crippen molar-refractivity contribution in [2.45, 2.75) is 26.6 Å². The number of fused-ring (bicyclic) bond motifs is 1. The molecule has 9 heteroatoms. The predicted molar refractivity (Wildman–Crippen MR) is 128 cm³/mol. The molecule has 0 saturated carbocycles. The molecule has 4 aromatic rings. The Morgan fingerprint density at radius 3 is 2.63 bits per heavy atom. The third-order valence-electron chi connectivity index (χ3n) is 4.52. The molecule has 0 bridgehead atoms. The molecule has 0 radical (unpaired) electrons. The molecule has 30 heavy (non-hydrogen) atoms. The first-order valence-electron chi connectivity index (χ1n) is 9.68. The van der Waals surface area contributed by atoms with Crippen LogP contribution in [-0.4, -0.2) is 36.7 Å². The van der Waals surface area contributed by atoms with Gasteiger partial charge in [0.1, 0.15) is 12.4 Å². The van der Waals surface area contributed by atoms with Crippen molar-refractivity contribution in [2.75, 3.05) is 6.54 Å². The third kappa shape index (κ3) is 5.35. The zero-order valence-corrected chi connectivity index (χ0v) is 19.1. The van der Waals surface area contributed by atoms with E-state index in [2.05, 4.69) is 47.5 Å². The van der Waals surface area contributed by atoms with E-state index in [1.54, 1.807) is 0 Å². The Labute approximate surface area is 192 Å². The van der Waals surface area contributed by atoms with E-state index in [1.165, 1.54) is 5.56 Å². The topological polar surface area (TPSA) is 84.4 Å². The second-order valence-electron chi connectivity index (χ2n) is 6.55. The predicted octanol–water partition coefficient (Wildman–Crippen LogP) is 2.85. The lowest BCUT2D eigenvalue weighted by atomic mass is 10.2. The minimum absolute atomic E-state index is 0. The Bertz CT molecular complexity index is 1090. The number of benzene rings is 1. The molecule has 0 aliphatic heterocycles. The number of hydrogen-bond donors (Lipinski definition) is 2. The fraction of sp³-hybridized carbons (Fsp3) is 0.238. The largest absolute Gasteiger partial charge is 0.357 e. The number of rotatable bonds is 7. The first-order chi connectivity index (χ1) is 14.3. The van der Waals surface area contributed by atoms with Crippen LogP contribution in [0.4, 0.5) is 0 Å². The van der Waals surface area contributed by atoms with Crippen molar-refractivity contribution in [1.29, 1.82) is 0 Å². The quantitative estimate of drug-likeness (QED) is 0.224. The average molecular weight is 516 g/mol. The Balaban J connectivity index is 0.00000256. The van der Waals surface area contributed by atoms with Crippen LogP contribution >= 0.6 is 24.0 Å². The van der Waals surface area contributed by atoms with Gasteiger partial charge >= 0.3 is 0 Å². The lowest BCUT2D eigenvalue weighted by Gasteiger charge is -2.12. The van der Waals surface area contributed by atoms with Gasteiger partial charge in [-0.15, -0.1) is 34.2 Å². The van der Waals surface area contributed by atoms with Crippen molar-refractivity contribution in [2.24, 2.45) is 4.99 Å². The van der Waals surface area contributed by atoms with Gasteiger partial charge in [0.25, 0.3) is 0 Å². The summed E-state index contributed by atoms with van der Waals surface area (Å²) >= 11 is 0. The highest BCUT2D eigenvalue weighted by atomic mass is 127. The molecule has 156 valence electrons. The van der Waals surface area contributed by atoms with Gasteiger partial charge in [0, 0.05) is 31.7 Å². The van der Waals surface area contributed by atoms with Gasteiger partial charge in [-0.1, -0.05) is 36.4 Å². The summed E-state index contributed by atoms with van der Waals surface area (Å²) < 4.78 is 4.08. The first-order valence-corrected chi connectivity index (χ1v) is 9.68. The Kier molecular flexibility index (Phi) is 7.77. The van der Waals surface area contributed by atoms with E-state index in [1.807, 2.05) is 66.3 Å². The molecule has 2 N–H and O–H groups in total. The lowest BCUT2D eigenvalue weighted by Crippen LogP contribution is -2.37. The molecule has 0 unspecified atom stereocenters. The summed E-state index contributed by atoms with van der Waals surface area (Å²) in [7, 11) is 0. The van der Waals surface area contributed by atoms with Crippen molar-refractivity contribution >= 4 is 35.6 Å². The van der Waals surface area contributed by atoms with Crippen LogP contribution < -0.4 is 10.6 Å². The van der Waals surface area contributed by atoms with E-state index in [-0.39, 0.29) is 24.0 Å². The van der Waals surface area contributed by atoms with Gasteiger partial charge in [-0.25, -0.2) is 9.98 Å². The number of pyridine rings is 1. The van der Waals surface area contributed by atoms with E-state index >= 15 is 0 Å². The van der Waals surface area contributed by atoms with Crippen molar-refractivity contribution < 1.29 is 0 Å². The normalized spacial score (nSPS) is 11.3. The fourth-order valence-electron chi connectivity index (χ4n) is 3.08. The Morgan fingerprint density at radius 2 is 1.80 bits per heavy atom. The summed E-state index contributed by atoms with van der Waals surface area (Å²) in [5.74, 6) is 2.46. The smallest absolute Gasteiger partial charge is 0.192 e. The summed E-state index contributed by atoms with van der Waals surface area (Å²) in [4.78, 5) is 9.14. The van der Waals surface area contributed by atoms with E-state index in [0.717, 1.165) is 36.3 Å². The van der Waals surface area contributed by atoms with Crippen LogP contribution in [-0.2, 0) is 19.6 Å². The summed E-state index contributed by atoms with van der Waals surface area (Å²) in [5.41, 5.74) is 2.06. The second-order valence-corrected chi connectivity index (χ2v) is 6.55. The van der Waals surface area contributed by atoms with Gasteiger partial charge in [0.05, 0.1) is 6.54 Å². The number of aromatic nitrogens is 5. The average Bonchev–Trinajstić information content (AvgIpc) is 3.37. The van der Waals surface area contributed by atoms with Crippen LogP contribution in [0.1, 0.15) is 24.1 Å². The molecule has 0 atom stereocenters. The maximum absolute atomic E-state index is 4.65. The molecule has 4 rings (SSSR count). The molecule has 0 aliphatic rings. The number of imidazole rings is 1. The number of hydrogen-bond acceptors (Lipinski definition) is 4. The molecular formula is C21H25IN8. The minimum Gasteiger partial charge on any atom is -0.357 e. The molecule has 0 amide bonds. The van der Waals surface area contributed by atoms with Crippen molar-refractivity contribution in [3.05, 3.63) is 84.3 Å². The van der Waals surface area contributed by atoms with Gasteiger partial charge in [-0.3, -0.25) is 4.40 Å². The number of aliphatic imine (C=N–C) groups is 1. The lowest BCUT2D eigenvalue weighted by molar-refractivity contribution is 0.687. The SMILES string of the molecule is CCNC(=NCc1nnc2ccccn12)NCc1nccn1Cc1ccccc1.I. The summed E-state index contributed by atoms with van der Waals surface area (Å²) in [5, 5.41) is 15.0. The molecule has 3 heterocycles. The third-order valence-corrected chi connectivity index (χ3v) is 4.52. The first kappa shape index (κ1) is 21.8. The highest BCUT2D eigenvalue weighted by Gasteiger charge is 2.07. The number of guanidine groups is 1. The molecule has 0 spiro atoms. The summed E-state index contributed by atoms with van der Waals surface area (Å²) in [6, 6.07) is 16.2. The highest BCUT2D eigenvalue weighted by molar-refractivity contribution is 14.0. The van der Waals surface area contributed by atoms with Gasteiger partial charge in [0.2, 0.25) is 0 Å². The molecule has 1 aromatic carbocycles. The molecule has 3 aromatic heterocycles.